The van der Waals surface area contributed by atoms with Gasteiger partial charge in [-0.3, -0.25) is 0 Å². The highest BCUT2D eigenvalue weighted by Gasteiger charge is 2.17. The molecule has 1 aromatic carbocycles. The number of benzene rings is 1. The van der Waals surface area contributed by atoms with Crippen LogP contribution in [0.4, 0.5) is 5.69 Å². The Morgan fingerprint density at radius 3 is 2.85 bits per heavy atom. The molecule has 0 amide bonds. The molecular formula is C10H12N2O. The molecule has 0 fully saturated rings. The van der Waals surface area contributed by atoms with E-state index in [1.54, 1.807) is 0 Å². The number of aliphatic imine (C=N–C) groups is 1. The van der Waals surface area contributed by atoms with Gasteiger partial charge in [0.2, 0.25) is 5.90 Å². The van der Waals surface area contributed by atoms with Crippen molar-refractivity contribution in [2.45, 2.75) is 13.0 Å². The first-order valence-corrected chi connectivity index (χ1v) is 4.33. The van der Waals surface area contributed by atoms with E-state index in [9.17, 15) is 0 Å². The summed E-state index contributed by atoms with van der Waals surface area (Å²) in [5.74, 6) is 0.672. The molecule has 2 rings (SSSR count). The Bertz CT molecular complexity index is 347. The zero-order valence-corrected chi connectivity index (χ0v) is 7.53. The molecule has 0 aromatic heterocycles. The minimum Gasteiger partial charge on any atom is -0.472 e. The first kappa shape index (κ1) is 8.10. The SMILES string of the molecule is CC1CN=C(c2ccccc2N)O1. The van der Waals surface area contributed by atoms with Gasteiger partial charge in [-0.2, -0.15) is 0 Å². The molecule has 68 valence electrons. The van der Waals surface area contributed by atoms with E-state index < -0.39 is 0 Å². The smallest absolute Gasteiger partial charge is 0.218 e. The van der Waals surface area contributed by atoms with Crippen molar-refractivity contribution in [3.8, 4) is 0 Å². The van der Waals surface area contributed by atoms with E-state index in [-0.39, 0.29) is 6.10 Å². The Labute approximate surface area is 77.2 Å². The maximum Gasteiger partial charge on any atom is 0.218 e. The van der Waals surface area contributed by atoms with Crippen molar-refractivity contribution in [1.82, 2.24) is 0 Å². The van der Waals surface area contributed by atoms with E-state index in [4.69, 9.17) is 10.5 Å². The summed E-state index contributed by atoms with van der Waals surface area (Å²) in [6, 6.07) is 7.61. The van der Waals surface area contributed by atoms with Crippen LogP contribution in [0.25, 0.3) is 0 Å². The van der Waals surface area contributed by atoms with Gasteiger partial charge < -0.3 is 10.5 Å². The van der Waals surface area contributed by atoms with Gasteiger partial charge >= 0.3 is 0 Å². The summed E-state index contributed by atoms with van der Waals surface area (Å²) in [6.07, 6.45) is 0.176. The minimum absolute atomic E-state index is 0.176. The van der Waals surface area contributed by atoms with E-state index in [2.05, 4.69) is 4.99 Å². The van der Waals surface area contributed by atoms with Crippen LogP contribution < -0.4 is 5.73 Å². The normalized spacial score (nSPS) is 21.0. The molecule has 1 aliphatic heterocycles. The standard InChI is InChI=1S/C10H12N2O/c1-7-6-12-10(13-7)8-4-2-3-5-9(8)11/h2-5,7H,6,11H2,1H3. The van der Waals surface area contributed by atoms with Crippen molar-refractivity contribution >= 4 is 11.6 Å². The van der Waals surface area contributed by atoms with Gasteiger partial charge in [-0.05, 0) is 19.1 Å². The lowest BCUT2D eigenvalue weighted by Crippen LogP contribution is -2.10. The van der Waals surface area contributed by atoms with Gasteiger partial charge in [-0.25, -0.2) is 4.99 Å². The first-order valence-electron chi connectivity index (χ1n) is 4.33. The highest BCUT2D eigenvalue weighted by molar-refractivity contribution is 5.99. The fourth-order valence-electron chi connectivity index (χ4n) is 1.32. The highest BCUT2D eigenvalue weighted by atomic mass is 16.5. The predicted octanol–water partition coefficient (Wildman–Crippen LogP) is 1.43. The van der Waals surface area contributed by atoms with Crippen LogP contribution >= 0.6 is 0 Å². The Kier molecular flexibility index (Phi) is 1.93. The second-order valence-electron chi connectivity index (χ2n) is 3.16. The molecule has 3 heteroatoms. The van der Waals surface area contributed by atoms with Crippen molar-refractivity contribution in [2.24, 2.45) is 4.99 Å². The third-order valence-corrected chi connectivity index (χ3v) is 2.00. The lowest BCUT2D eigenvalue weighted by atomic mass is 10.2. The quantitative estimate of drug-likeness (QED) is 0.658. The predicted molar refractivity (Wildman–Crippen MR) is 52.8 cm³/mol. The second kappa shape index (κ2) is 3.09. The molecule has 1 heterocycles. The molecule has 13 heavy (non-hydrogen) atoms. The van der Waals surface area contributed by atoms with Crippen LogP contribution in [-0.4, -0.2) is 18.5 Å². The molecule has 0 radical (unpaired) electrons. The number of anilines is 1. The lowest BCUT2D eigenvalue weighted by molar-refractivity contribution is 0.246. The van der Waals surface area contributed by atoms with Crippen molar-refractivity contribution in [1.29, 1.82) is 0 Å². The molecule has 0 saturated carbocycles. The van der Waals surface area contributed by atoms with Gasteiger partial charge in [-0.1, -0.05) is 12.1 Å². The maximum atomic E-state index is 5.78. The topological polar surface area (TPSA) is 47.6 Å². The summed E-state index contributed by atoms with van der Waals surface area (Å²) in [6.45, 7) is 2.72. The van der Waals surface area contributed by atoms with Crippen LogP contribution in [0.1, 0.15) is 12.5 Å². The molecular weight excluding hydrogens is 164 g/mol. The van der Waals surface area contributed by atoms with Crippen LogP contribution in [0.5, 0.6) is 0 Å². The van der Waals surface area contributed by atoms with E-state index in [1.807, 2.05) is 31.2 Å². The number of nitrogens with two attached hydrogens (primary N) is 1. The van der Waals surface area contributed by atoms with Crippen molar-refractivity contribution in [3.05, 3.63) is 29.8 Å². The monoisotopic (exact) mass is 176 g/mol. The molecule has 1 unspecified atom stereocenters. The summed E-state index contributed by atoms with van der Waals surface area (Å²) < 4.78 is 5.50. The summed E-state index contributed by atoms with van der Waals surface area (Å²) in [5, 5.41) is 0. The summed E-state index contributed by atoms with van der Waals surface area (Å²) in [5.41, 5.74) is 7.40. The van der Waals surface area contributed by atoms with Crippen molar-refractivity contribution in [3.63, 3.8) is 0 Å². The zero-order valence-electron chi connectivity index (χ0n) is 7.53. The van der Waals surface area contributed by atoms with Crippen LogP contribution in [0, 0.1) is 0 Å². The van der Waals surface area contributed by atoms with Gasteiger partial charge in [0.15, 0.2) is 0 Å². The van der Waals surface area contributed by atoms with Gasteiger partial charge in [-0.15, -0.1) is 0 Å². The number of hydrogen-bond acceptors (Lipinski definition) is 3. The van der Waals surface area contributed by atoms with E-state index >= 15 is 0 Å². The summed E-state index contributed by atoms with van der Waals surface area (Å²) >= 11 is 0. The molecule has 2 N–H and O–H groups in total. The van der Waals surface area contributed by atoms with Crippen molar-refractivity contribution < 1.29 is 4.74 Å². The summed E-state index contributed by atoms with van der Waals surface area (Å²) in [4.78, 5) is 4.26. The number of nitrogen functional groups attached to an aromatic ring is 1. The largest absolute Gasteiger partial charge is 0.472 e. The number of rotatable bonds is 1. The maximum absolute atomic E-state index is 5.78. The first-order chi connectivity index (χ1) is 6.27. The van der Waals surface area contributed by atoms with Crippen LogP contribution in [-0.2, 0) is 4.74 Å². The lowest BCUT2D eigenvalue weighted by Gasteiger charge is -2.07. The van der Waals surface area contributed by atoms with Gasteiger partial charge in [0.05, 0.1) is 12.1 Å². The molecule has 0 bridgehead atoms. The zero-order chi connectivity index (χ0) is 9.26. The average molecular weight is 176 g/mol. The fourth-order valence-corrected chi connectivity index (χ4v) is 1.32. The van der Waals surface area contributed by atoms with E-state index in [1.165, 1.54) is 0 Å². The molecule has 3 nitrogen and oxygen atoms in total. The van der Waals surface area contributed by atoms with Gasteiger partial charge in [0.25, 0.3) is 0 Å². The summed E-state index contributed by atoms with van der Waals surface area (Å²) in [7, 11) is 0. The van der Waals surface area contributed by atoms with E-state index in [0.717, 1.165) is 17.8 Å². The van der Waals surface area contributed by atoms with Gasteiger partial charge in [0, 0.05) is 5.69 Å². The number of nitrogens with zero attached hydrogens (tertiary/aromatic N) is 1. The Hall–Kier alpha value is -1.51. The van der Waals surface area contributed by atoms with E-state index in [0.29, 0.717) is 5.90 Å². The molecule has 1 atom stereocenters. The Morgan fingerprint density at radius 1 is 1.46 bits per heavy atom. The fraction of sp³-hybridized carbons (Fsp3) is 0.300. The number of hydrogen-bond donors (Lipinski definition) is 1. The Morgan fingerprint density at radius 2 is 2.23 bits per heavy atom. The third-order valence-electron chi connectivity index (χ3n) is 2.00. The molecule has 0 aliphatic carbocycles. The van der Waals surface area contributed by atoms with Crippen LogP contribution in [0.3, 0.4) is 0 Å². The highest BCUT2D eigenvalue weighted by Crippen LogP contribution is 2.17. The average Bonchev–Trinajstić information content (AvgIpc) is 2.53. The second-order valence-corrected chi connectivity index (χ2v) is 3.16. The molecule has 0 saturated heterocycles. The molecule has 1 aromatic rings. The molecule has 1 aliphatic rings. The number of para-hydroxylation sites is 1. The van der Waals surface area contributed by atoms with Crippen LogP contribution in [0.2, 0.25) is 0 Å². The molecule has 0 spiro atoms. The van der Waals surface area contributed by atoms with Crippen LogP contribution in [0.15, 0.2) is 29.3 Å². The van der Waals surface area contributed by atoms with Crippen molar-refractivity contribution in [2.75, 3.05) is 12.3 Å². The minimum atomic E-state index is 0.176. The third kappa shape index (κ3) is 1.49. The van der Waals surface area contributed by atoms with Gasteiger partial charge in [0.1, 0.15) is 6.10 Å². The number of ether oxygens (including phenoxy) is 1. The Balaban J connectivity index is 2.31.